The fourth-order valence-corrected chi connectivity index (χ4v) is 3.46. The molecule has 0 amide bonds. The first-order chi connectivity index (χ1) is 7.72. The van der Waals surface area contributed by atoms with E-state index in [0.29, 0.717) is 0 Å². The van der Waals surface area contributed by atoms with E-state index in [1.165, 1.54) is 51.6 Å². The normalized spacial score (nSPS) is 39.6. The first-order valence-corrected chi connectivity index (χ1v) is 6.86. The van der Waals surface area contributed by atoms with E-state index in [2.05, 4.69) is 17.3 Å². The van der Waals surface area contributed by atoms with Gasteiger partial charge in [0.1, 0.15) is 5.72 Å². The second-order valence-corrected chi connectivity index (χ2v) is 5.97. The number of hydrogen-bond acceptors (Lipinski definition) is 3. The summed E-state index contributed by atoms with van der Waals surface area (Å²) in [7, 11) is 2.22. The maximum Gasteiger partial charge on any atom is 0.121 e. The topological polar surface area (TPSA) is 24.5 Å². The van der Waals surface area contributed by atoms with Crippen molar-refractivity contribution in [3.63, 3.8) is 0 Å². The van der Waals surface area contributed by atoms with Crippen molar-refractivity contribution >= 4 is 0 Å². The molecule has 16 heavy (non-hydrogen) atoms. The summed E-state index contributed by atoms with van der Waals surface area (Å²) >= 11 is 0. The van der Waals surface area contributed by atoms with E-state index in [-0.39, 0.29) is 11.3 Å². The number of hydrogen-bond donors (Lipinski definition) is 1. The Morgan fingerprint density at radius 1 is 1.00 bits per heavy atom. The van der Waals surface area contributed by atoms with Crippen LogP contribution >= 0.6 is 0 Å². The van der Waals surface area contributed by atoms with Crippen LogP contribution in [0.1, 0.15) is 44.9 Å². The van der Waals surface area contributed by atoms with Crippen molar-refractivity contribution in [3.05, 3.63) is 0 Å². The monoisotopic (exact) mass is 224 g/mol. The standard InChI is InChI=1S/C13H24N2O/c1-15-10-3-6-13(8-11-15)14-9-7-12(16-13)4-2-5-12/h14H,2-11H2,1H3. The van der Waals surface area contributed by atoms with E-state index in [0.717, 1.165) is 13.0 Å². The zero-order valence-electron chi connectivity index (χ0n) is 10.4. The van der Waals surface area contributed by atoms with Gasteiger partial charge in [0.2, 0.25) is 0 Å². The predicted octanol–water partition coefficient (Wildman–Crippen LogP) is 1.73. The van der Waals surface area contributed by atoms with Crippen LogP contribution in [0.5, 0.6) is 0 Å². The molecule has 0 aromatic carbocycles. The third-order valence-electron chi connectivity index (χ3n) is 4.72. The molecule has 2 spiro atoms. The van der Waals surface area contributed by atoms with Gasteiger partial charge in [0.25, 0.3) is 0 Å². The van der Waals surface area contributed by atoms with Gasteiger partial charge in [0.15, 0.2) is 0 Å². The fourth-order valence-electron chi connectivity index (χ4n) is 3.46. The second kappa shape index (κ2) is 3.97. The molecule has 2 aliphatic heterocycles. The lowest BCUT2D eigenvalue weighted by Crippen LogP contribution is -2.62. The molecule has 2 saturated heterocycles. The molecule has 92 valence electrons. The first kappa shape index (κ1) is 11.0. The molecule has 0 radical (unpaired) electrons. The van der Waals surface area contributed by atoms with Crippen LogP contribution in [0.4, 0.5) is 0 Å². The van der Waals surface area contributed by atoms with Crippen LogP contribution < -0.4 is 5.32 Å². The van der Waals surface area contributed by atoms with Gasteiger partial charge >= 0.3 is 0 Å². The molecule has 0 aromatic rings. The van der Waals surface area contributed by atoms with Crippen molar-refractivity contribution < 1.29 is 4.74 Å². The van der Waals surface area contributed by atoms with Crippen molar-refractivity contribution in [1.82, 2.24) is 10.2 Å². The maximum absolute atomic E-state index is 6.53. The Labute approximate surface area is 98.5 Å². The van der Waals surface area contributed by atoms with Crippen molar-refractivity contribution in [2.45, 2.75) is 56.3 Å². The molecule has 0 bridgehead atoms. The molecular formula is C13H24N2O. The second-order valence-electron chi connectivity index (χ2n) is 5.97. The summed E-state index contributed by atoms with van der Waals surface area (Å²) in [4.78, 5) is 2.43. The van der Waals surface area contributed by atoms with Crippen LogP contribution in [-0.2, 0) is 4.74 Å². The summed E-state index contributed by atoms with van der Waals surface area (Å²) in [5, 5.41) is 3.67. The predicted molar refractivity (Wildman–Crippen MR) is 64.4 cm³/mol. The summed E-state index contributed by atoms with van der Waals surface area (Å²) in [5.41, 5.74) is 0.289. The molecule has 3 nitrogen and oxygen atoms in total. The van der Waals surface area contributed by atoms with E-state index in [4.69, 9.17) is 4.74 Å². The zero-order valence-corrected chi connectivity index (χ0v) is 10.4. The van der Waals surface area contributed by atoms with Gasteiger partial charge in [0.05, 0.1) is 5.60 Å². The summed E-state index contributed by atoms with van der Waals surface area (Å²) in [6.07, 6.45) is 8.81. The molecular weight excluding hydrogens is 200 g/mol. The Bertz CT molecular complexity index is 265. The van der Waals surface area contributed by atoms with Crippen LogP contribution in [0.15, 0.2) is 0 Å². The minimum atomic E-state index is 0.0173. The minimum Gasteiger partial charge on any atom is -0.354 e. The maximum atomic E-state index is 6.53. The van der Waals surface area contributed by atoms with E-state index in [1.807, 2.05) is 0 Å². The Balaban J connectivity index is 1.71. The average molecular weight is 224 g/mol. The van der Waals surface area contributed by atoms with Gasteiger partial charge in [-0.05, 0) is 52.1 Å². The summed E-state index contributed by atoms with van der Waals surface area (Å²) < 4.78 is 6.53. The Morgan fingerprint density at radius 2 is 1.88 bits per heavy atom. The third kappa shape index (κ3) is 1.89. The van der Waals surface area contributed by atoms with Crippen LogP contribution in [0.3, 0.4) is 0 Å². The highest BCUT2D eigenvalue weighted by Crippen LogP contribution is 2.45. The Kier molecular flexibility index (Phi) is 2.73. The van der Waals surface area contributed by atoms with Crippen molar-refractivity contribution in [2.75, 3.05) is 26.7 Å². The van der Waals surface area contributed by atoms with Crippen molar-refractivity contribution in [2.24, 2.45) is 0 Å². The van der Waals surface area contributed by atoms with Gasteiger partial charge in [0, 0.05) is 19.5 Å². The van der Waals surface area contributed by atoms with Crippen molar-refractivity contribution in [3.8, 4) is 0 Å². The van der Waals surface area contributed by atoms with Crippen LogP contribution in [0.2, 0.25) is 0 Å². The molecule has 3 fully saturated rings. The van der Waals surface area contributed by atoms with Crippen LogP contribution in [0.25, 0.3) is 0 Å². The highest BCUT2D eigenvalue weighted by molar-refractivity contribution is 4.98. The molecule has 0 aromatic heterocycles. The molecule has 1 aliphatic carbocycles. The molecule has 1 saturated carbocycles. The largest absolute Gasteiger partial charge is 0.354 e. The van der Waals surface area contributed by atoms with Gasteiger partial charge in [-0.15, -0.1) is 0 Å². The number of nitrogens with one attached hydrogen (secondary N) is 1. The van der Waals surface area contributed by atoms with Gasteiger partial charge in [-0.3, -0.25) is 5.32 Å². The van der Waals surface area contributed by atoms with Crippen LogP contribution in [0, 0.1) is 0 Å². The highest BCUT2D eigenvalue weighted by Gasteiger charge is 2.48. The highest BCUT2D eigenvalue weighted by atomic mass is 16.5. The number of ether oxygens (including phenoxy) is 1. The summed E-state index contributed by atoms with van der Waals surface area (Å²) in [6.45, 7) is 3.55. The molecule has 3 heteroatoms. The lowest BCUT2D eigenvalue weighted by molar-refractivity contribution is -0.234. The van der Waals surface area contributed by atoms with Gasteiger partial charge in [-0.2, -0.15) is 0 Å². The first-order valence-electron chi connectivity index (χ1n) is 6.86. The number of rotatable bonds is 0. The summed E-state index contributed by atoms with van der Waals surface area (Å²) in [5.74, 6) is 0. The third-order valence-corrected chi connectivity index (χ3v) is 4.72. The molecule has 3 rings (SSSR count). The lowest BCUT2D eigenvalue weighted by Gasteiger charge is -2.53. The van der Waals surface area contributed by atoms with Crippen molar-refractivity contribution in [1.29, 1.82) is 0 Å². The number of likely N-dealkylation sites (tertiary alicyclic amines) is 1. The van der Waals surface area contributed by atoms with Gasteiger partial charge < -0.3 is 9.64 Å². The van der Waals surface area contributed by atoms with E-state index in [9.17, 15) is 0 Å². The molecule has 1 N–H and O–H groups in total. The fraction of sp³-hybridized carbons (Fsp3) is 1.00. The van der Waals surface area contributed by atoms with E-state index < -0.39 is 0 Å². The van der Waals surface area contributed by atoms with Gasteiger partial charge in [-0.25, -0.2) is 0 Å². The molecule has 2 heterocycles. The average Bonchev–Trinajstić information content (AvgIpc) is 2.40. The van der Waals surface area contributed by atoms with Crippen LogP contribution in [-0.4, -0.2) is 42.9 Å². The molecule has 1 unspecified atom stereocenters. The molecule has 3 aliphatic rings. The molecule has 1 atom stereocenters. The smallest absolute Gasteiger partial charge is 0.121 e. The SMILES string of the molecule is CN1CCCC2(CC1)NCCC1(CCC1)O2. The number of nitrogens with zero attached hydrogens (tertiary/aromatic N) is 1. The minimum absolute atomic E-state index is 0.0173. The van der Waals surface area contributed by atoms with E-state index in [1.54, 1.807) is 0 Å². The van der Waals surface area contributed by atoms with E-state index >= 15 is 0 Å². The Morgan fingerprint density at radius 3 is 2.62 bits per heavy atom. The van der Waals surface area contributed by atoms with Gasteiger partial charge in [-0.1, -0.05) is 0 Å². The lowest BCUT2D eigenvalue weighted by atomic mass is 9.75. The zero-order chi connectivity index (χ0) is 11.1. The quantitative estimate of drug-likeness (QED) is 0.678. The summed E-state index contributed by atoms with van der Waals surface area (Å²) in [6, 6.07) is 0. The Hall–Kier alpha value is -0.120.